The second-order valence-corrected chi connectivity index (χ2v) is 10.1. The van der Waals surface area contributed by atoms with Gasteiger partial charge in [0.05, 0.1) is 12.4 Å². The molecule has 2 saturated heterocycles. The van der Waals surface area contributed by atoms with Gasteiger partial charge in [-0.3, -0.25) is 9.78 Å². The molecule has 2 aliphatic rings. The molecule has 0 radical (unpaired) electrons. The first-order valence-corrected chi connectivity index (χ1v) is 11.8. The highest BCUT2D eigenvalue weighted by Crippen LogP contribution is 2.34. The van der Waals surface area contributed by atoms with Crippen molar-refractivity contribution in [1.82, 2.24) is 14.2 Å². The molecule has 1 aromatic heterocycles. The third-order valence-corrected chi connectivity index (χ3v) is 8.62. The van der Waals surface area contributed by atoms with Crippen LogP contribution in [0.4, 0.5) is 0 Å². The number of benzene rings is 1. The van der Waals surface area contributed by atoms with Crippen LogP contribution in [0.25, 0.3) is 0 Å². The van der Waals surface area contributed by atoms with E-state index >= 15 is 0 Å². The number of hydrogen-bond acceptors (Lipinski definition) is 5. The van der Waals surface area contributed by atoms with E-state index in [9.17, 15) is 13.2 Å². The number of amides is 1. The Bertz CT molecular complexity index is 979. The lowest BCUT2D eigenvalue weighted by atomic mass is 10.0. The summed E-state index contributed by atoms with van der Waals surface area (Å²) < 4.78 is 33.1. The summed E-state index contributed by atoms with van der Waals surface area (Å²) in [5.41, 5.74) is 1.69. The van der Waals surface area contributed by atoms with Crippen LogP contribution >= 0.6 is 0 Å². The van der Waals surface area contributed by atoms with E-state index in [-0.39, 0.29) is 11.8 Å². The Morgan fingerprint density at radius 2 is 1.80 bits per heavy atom. The van der Waals surface area contributed by atoms with E-state index in [2.05, 4.69) is 4.98 Å². The maximum atomic E-state index is 13.1. The summed E-state index contributed by atoms with van der Waals surface area (Å²) in [5.74, 6) is 0.813. The molecule has 7 nitrogen and oxygen atoms in total. The van der Waals surface area contributed by atoms with Gasteiger partial charge < -0.3 is 9.64 Å². The number of fused-ring (bicyclic) bond motifs is 1. The summed E-state index contributed by atoms with van der Waals surface area (Å²) in [6.45, 7) is 2.08. The number of methoxy groups -OCH3 is 1. The molecule has 30 heavy (non-hydrogen) atoms. The van der Waals surface area contributed by atoms with Gasteiger partial charge in [0, 0.05) is 44.1 Å². The van der Waals surface area contributed by atoms with Gasteiger partial charge in [-0.05, 0) is 55.0 Å². The molecule has 1 amide bonds. The normalized spacial score (nSPS) is 23.6. The number of nitrogens with zero attached hydrogens (tertiary/aromatic N) is 3. The molecule has 0 unspecified atom stereocenters. The number of sulfonamides is 1. The van der Waals surface area contributed by atoms with Gasteiger partial charge in [0.15, 0.2) is 0 Å². The van der Waals surface area contributed by atoms with E-state index in [0.29, 0.717) is 51.0 Å². The molecule has 8 heteroatoms. The highest BCUT2D eigenvalue weighted by molar-refractivity contribution is 7.90. The van der Waals surface area contributed by atoms with Gasteiger partial charge in [0.25, 0.3) is 5.91 Å². The fourth-order valence-electron chi connectivity index (χ4n) is 4.44. The number of rotatable bonds is 5. The van der Waals surface area contributed by atoms with E-state index < -0.39 is 15.3 Å². The maximum absolute atomic E-state index is 13.1. The molecular formula is C22H27N3O4S. The van der Waals surface area contributed by atoms with Crippen molar-refractivity contribution in [3.05, 3.63) is 59.9 Å². The fraction of sp³-hybridized carbons (Fsp3) is 0.455. The minimum Gasteiger partial charge on any atom is -0.497 e. The molecule has 0 N–H and O–H groups in total. The number of pyridine rings is 1. The van der Waals surface area contributed by atoms with Crippen LogP contribution in [0, 0.1) is 5.92 Å². The SMILES string of the molecule is COc1ccc(CCN2C[C@@H]3CCN(C(=O)c4ccncc4)CC[C@@H]3S2(=O)=O)cc1. The average molecular weight is 430 g/mol. The minimum atomic E-state index is -3.35. The molecule has 0 spiro atoms. The van der Waals surface area contributed by atoms with Crippen LogP contribution in [0.15, 0.2) is 48.8 Å². The Morgan fingerprint density at radius 3 is 2.50 bits per heavy atom. The van der Waals surface area contributed by atoms with Crippen LogP contribution in [-0.4, -0.2) is 67.1 Å². The van der Waals surface area contributed by atoms with Crippen LogP contribution in [-0.2, 0) is 16.4 Å². The monoisotopic (exact) mass is 429 g/mol. The van der Waals surface area contributed by atoms with Crippen LogP contribution < -0.4 is 4.74 Å². The molecule has 160 valence electrons. The first kappa shape index (κ1) is 20.8. The standard InChI is InChI=1S/C22H27N3O4S/c1-29-20-4-2-17(3-5-20)8-15-25-16-19-9-13-24(14-10-21(19)30(25,27)28)22(26)18-6-11-23-12-7-18/h2-7,11-12,19,21H,8-10,13-16H2,1H3/t19-,21-/m0/s1. The second-order valence-electron chi connectivity index (χ2n) is 7.91. The van der Waals surface area contributed by atoms with Gasteiger partial charge in [-0.15, -0.1) is 0 Å². The van der Waals surface area contributed by atoms with Crippen molar-refractivity contribution < 1.29 is 17.9 Å². The average Bonchev–Trinajstić information content (AvgIpc) is 2.90. The van der Waals surface area contributed by atoms with Crippen molar-refractivity contribution in [2.24, 2.45) is 5.92 Å². The molecule has 3 heterocycles. The van der Waals surface area contributed by atoms with Crippen LogP contribution in [0.5, 0.6) is 5.75 Å². The zero-order chi connectivity index (χ0) is 21.1. The molecule has 1 aromatic carbocycles. The summed E-state index contributed by atoms with van der Waals surface area (Å²) in [4.78, 5) is 18.5. The number of aromatic nitrogens is 1. The van der Waals surface area contributed by atoms with Gasteiger partial charge in [0.1, 0.15) is 5.75 Å². The summed E-state index contributed by atoms with van der Waals surface area (Å²) >= 11 is 0. The van der Waals surface area contributed by atoms with Gasteiger partial charge in [-0.25, -0.2) is 12.7 Å². The third-order valence-electron chi connectivity index (χ3n) is 6.18. The topological polar surface area (TPSA) is 79.8 Å². The summed E-state index contributed by atoms with van der Waals surface area (Å²) in [6.07, 6.45) is 5.08. The predicted octanol–water partition coefficient (Wildman–Crippen LogP) is 2.20. The highest BCUT2D eigenvalue weighted by atomic mass is 32.2. The number of ether oxygens (including phenoxy) is 1. The largest absolute Gasteiger partial charge is 0.497 e. The molecule has 2 atom stereocenters. The Labute approximate surface area is 177 Å². The lowest BCUT2D eigenvalue weighted by Gasteiger charge is -2.22. The molecule has 0 saturated carbocycles. The zero-order valence-electron chi connectivity index (χ0n) is 17.1. The molecule has 0 aliphatic carbocycles. The summed E-state index contributed by atoms with van der Waals surface area (Å²) in [5, 5.41) is -0.399. The first-order valence-electron chi connectivity index (χ1n) is 10.3. The number of carbonyl (C=O) groups is 1. The number of likely N-dealkylation sites (tertiary alicyclic amines) is 1. The third kappa shape index (κ3) is 4.20. The van der Waals surface area contributed by atoms with Crippen molar-refractivity contribution >= 4 is 15.9 Å². The van der Waals surface area contributed by atoms with Gasteiger partial charge in [0.2, 0.25) is 10.0 Å². The Kier molecular flexibility index (Phi) is 6.06. The van der Waals surface area contributed by atoms with Gasteiger partial charge in [-0.1, -0.05) is 12.1 Å². The Balaban J connectivity index is 1.38. The predicted molar refractivity (Wildman–Crippen MR) is 114 cm³/mol. The van der Waals surface area contributed by atoms with Crippen molar-refractivity contribution in [3.63, 3.8) is 0 Å². The number of carbonyl (C=O) groups excluding carboxylic acids is 1. The van der Waals surface area contributed by atoms with Gasteiger partial charge >= 0.3 is 0 Å². The molecule has 0 bridgehead atoms. The van der Waals surface area contributed by atoms with Crippen LogP contribution in [0.1, 0.15) is 28.8 Å². The van der Waals surface area contributed by atoms with Crippen molar-refractivity contribution in [2.45, 2.75) is 24.5 Å². The summed E-state index contributed by atoms with van der Waals surface area (Å²) in [6, 6.07) is 11.1. The van der Waals surface area contributed by atoms with Crippen molar-refractivity contribution in [3.8, 4) is 5.75 Å². The maximum Gasteiger partial charge on any atom is 0.253 e. The first-order chi connectivity index (χ1) is 14.5. The van der Waals surface area contributed by atoms with E-state index in [1.54, 1.807) is 40.8 Å². The summed E-state index contributed by atoms with van der Waals surface area (Å²) in [7, 11) is -1.72. The molecule has 2 fully saturated rings. The quantitative estimate of drug-likeness (QED) is 0.728. The molecular weight excluding hydrogens is 402 g/mol. The molecule has 2 aromatic rings. The second kappa shape index (κ2) is 8.73. The Morgan fingerprint density at radius 1 is 1.10 bits per heavy atom. The fourth-order valence-corrected chi connectivity index (χ4v) is 6.68. The smallest absolute Gasteiger partial charge is 0.253 e. The van der Waals surface area contributed by atoms with Crippen molar-refractivity contribution in [1.29, 1.82) is 0 Å². The van der Waals surface area contributed by atoms with E-state index in [1.807, 2.05) is 24.3 Å². The zero-order valence-corrected chi connectivity index (χ0v) is 17.9. The van der Waals surface area contributed by atoms with E-state index in [1.165, 1.54) is 0 Å². The lowest BCUT2D eigenvalue weighted by Crippen LogP contribution is -2.35. The van der Waals surface area contributed by atoms with Gasteiger partial charge in [-0.2, -0.15) is 0 Å². The van der Waals surface area contributed by atoms with E-state index in [4.69, 9.17) is 4.74 Å². The molecule has 2 aliphatic heterocycles. The Hall–Kier alpha value is -2.45. The minimum absolute atomic E-state index is 0.0499. The van der Waals surface area contributed by atoms with Crippen LogP contribution in [0.2, 0.25) is 0 Å². The van der Waals surface area contributed by atoms with E-state index in [0.717, 1.165) is 11.3 Å². The van der Waals surface area contributed by atoms with Crippen LogP contribution in [0.3, 0.4) is 0 Å². The number of hydrogen-bond donors (Lipinski definition) is 0. The lowest BCUT2D eigenvalue weighted by molar-refractivity contribution is 0.0759. The highest BCUT2D eigenvalue weighted by Gasteiger charge is 2.46. The molecule has 4 rings (SSSR count). The van der Waals surface area contributed by atoms with Crippen molar-refractivity contribution in [2.75, 3.05) is 33.3 Å².